The van der Waals surface area contributed by atoms with E-state index in [1.807, 2.05) is 0 Å². The average Bonchev–Trinajstić information content (AvgIpc) is 2.61. The Hall–Kier alpha value is -1.94. The van der Waals surface area contributed by atoms with Gasteiger partial charge in [-0.15, -0.1) is 0 Å². The Balaban J connectivity index is 5.61. The summed E-state index contributed by atoms with van der Waals surface area (Å²) >= 11 is 0. The van der Waals surface area contributed by atoms with E-state index in [0.29, 0.717) is 6.42 Å². The summed E-state index contributed by atoms with van der Waals surface area (Å²) in [5.41, 5.74) is 0. The molecule has 0 radical (unpaired) electrons. The maximum Gasteiger partial charge on any atom is 0.466 e. The summed E-state index contributed by atoms with van der Waals surface area (Å²) in [4.78, 5) is 23.4. The van der Waals surface area contributed by atoms with Gasteiger partial charge in [0.1, 0.15) is 0 Å². The number of halogens is 7. The largest absolute Gasteiger partial charge is 0.466 e. The fraction of sp³-hybridized carbons (Fsp3) is 0.733. The van der Waals surface area contributed by atoms with Crippen molar-refractivity contribution in [2.24, 2.45) is 0 Å². The third kappa shape index (κ3) is 7.03. The van der Waals surface area contributed by atoms with E-state index in [1.165, 1.54) is 0 Å². The molecule has 0 aromatic heterocycles. The van der Waals surface area contributed by atoms with Crippen molar-refractivity contribution in [1.82, 2.24) is 5.32 Å². The molecule has 0 aliphatic carbocycles. The first-order valence-electron chi connectivity index (χ1n) is 8.46. The summed E-state index contributed by atoms with van der Waals surface area (Å²) in [5, 5.41) is -4.15. The van der Waals surface area contributed by atoms with Gasteiger partial charge in [-0.1, -0.05) is 19.9 Å². The van der Waals surface area contributed by atoms with E-state index in [1.54, 1.807) is 12.2 Å². The first kappa shape index (κ1) is 29.1. The van der Waals surface area contributed by atoms with Crippen molar-refractivity contribution in [3.8, 4) is 0 Å². The lowest BCUT2D eigenvalue weighted by Gasteiger charge is -2.33. The predicted octanol–water partition coefficient (Wildman–Crippen LogP) is 2.80. The molecule has 0 heterocycles. The molecule has 0 spiro atoms. The Morgan fingerprint density at radius 2 is 1.65 bits per heavy atom. The number of esters is 1. The van der Waals surface area contributed by atoms with Crippen LogP contribution in [0.1, 0.15) is 32.6 Å². The third-order valence-corrected chi connectivity index (χ3v) is 4.54. The summed E-state index contributed by atoms with van der Waals surface area (Å²) in [6.45, 7) is 2.68. The maximum atomic E-state index is 13.6. The molecule has 0 aromatic carbocycles. The molecule has 8 nitrogen and oxygen atoms in total. The molecule has 0 aliphatic rings. The number of unbranched alkanes of at least 4 members (excludes halogenated alkanes) is 1. The second kappa shape index (κ2) is 10.6. The molecule has 0 aromatic rings. The molecular formula is C15H20F7NO7S. The number of ether oxygens (including phenoxy) is 2. The Morgan fingerprint density at radius 1 is 1.10 bits per heavy atom. The SMILES string of the molecule is C=CC(=O)OC(OCCCC(F)(F)C(F)(F)S(=O)(=O)O)(C(=O)NCCCC)C(F)(F)F. The van der Waals surface area contributed by atoms with Crippen LogP contribution in [0, 0.1) is 0 Å². The second-order valence-electron chi connectivity index (χ2n) is 6.00. The first-order chi connectivity index (χ1) is 13.9. The van der Waals surface area contributed by atoms with Gasteiger partial charge in [0, 0.05) is 19.0 Å². The van der Waals surface area contributed by atoms with Gasteiger partial charge in [0.25, 0.3) is 0 Å². The molecule has 0 aliphatic heterocycles. The average molecular weight is 491 g/mol. The maximum absolute atomic E-state index is 13.6. The van der Waals surface area contributed by atoms with Gasteiger partial charge < -0.3 is 14.8 Å². The standard InChI is InChI=1S/C15H20F7NO7S/c1-3-5-8-23-11(25)13(14(18,19)20,30-10(24)4-2)29-9-6-7-12(16,17)15(21,22)31(26,27)28/h4H,2-3,5-9H2,1H3,(H,23,25)(H,26,27,28). The van der Waals surface area contributed by atoms with Crippen molar-refractivity contribution in [3.63, 3.8) is 0 Å². The van der Waals surface area contributed by atoms with Crippen LogP contribution in [0.4, 0.5) is 30.7 Å². The zero-order chi connectivity index (χ0) is 24.7. The van der Waals surface area contributed by atoms with E-state index in [-0.39, 0.29) is 19.0 Å². The predicted molar refractivity (Wildman–Crippen MR) is 89.6 cm³/mol. The van der Waals surface area contributed by atoms with Crippen LogP contribution in [0.5, 0.6) is 0 Å². The highest BCUT2D eigenvalue weighted by Crippen LogP contribution is 2.42. The van der Waals surface area contributed by atoms with Crippen LogP contribution in [-0.4, -0.2) is 61.1 Å². The van der Waals surface area contributed by atoms with E-state index < -0.39 is 64.6 Å². The lowest BCUT2D eigenvalue weighted by Crippen LogP contribution is -2.61. The molecule has 1 unspecified atom stereocenters. The number of alkyl halides is 7. The number of amides is 1. The second-order valence-corrected chi connectivity index (χ2v) is 7.46. The van der Waals surface area contributed by atoms with E-state index in [9.17, 15) is 48.7 Å². The number of rotatable bonds is 13. The molecule has 2 N–H and O–H groups in total. The first-order valence-corrected chi connectivity index (χ1v) is 9.90. The van der Waals surface area contributed by atoms with E-state index in [0.717, 1.165) is 0 Å². The summed E-state index contributed by atoms with van der Waals surface area (Å²) < 4.78 is 131. The number of hydrogen-bond acceptors (Lipinski definition) is 6. The molecular weight excluding hydrogens is 471 g/mol. The summed E-state index contributed by atoms with van der Waals surface area (Å²) in [5.74, 6) is -13.5. The van der Waals surface area contributed by atoms with Gasteiger partial charge in [-0.3, -0.25) is 9.35 Å². The Bertz CT molecular complexity index is 755. The van der Waals surface area contributed by atoms with Crippen LogP contribution < -0.4 is 5.32 Å². The molecule has 1 amide bonds. The summed E-state index contributed by atoms with van der Waals surface area (Å²) in [7, 11) is -6.54. The van der Waals surface area contributed by atoms with Crippen molar-refractivity contribution in [2.75, 3.05) is 13.2 Å². The van der Waals surface area contributed by atoms with Gasteiger partial charge in [-0.25, -0.2) is 4.79 Å². The normalized spacial score (nSPS) is 15.1. The van der Waals surface area contributed by atoms with Crippen LogP contribution >= 0.6 is 0 Å². The zero-order valence-corrected chi connectivity index (χ0v) is 16.8. The third-order valence-electron chi connectivity index (χ3n) is 3.59. The Labute approximate surface area is 172 Å². The molecule has 0 saturated heterocycles. The summed E-state index contributed by atoms with van der Waals surface area (Å²) in [6, 6.07) is 0. The van der Waals surface area contributed by atoms with Crippen molar-refractivity contribution in [3.05, 3.63) is 12.7 Å². The highest BCUT2D eigenvalue weighted by atomic mass is 32.2. The van der Waals surface area contributed by atoms with E-state index in [4.69, 9.17) is 4.55 Å². The molecule has 16 heteroatoms. The van der Waals surface area contributed by atoms with E-state index >= 15 is 0 Å². The van der Waals surface area contributed by atoms with Crippen molar-refractivity contribution in [2.45, 2.75) is 55.7 Å². The van der Waals surface area contributed by atoms with Crippen LogP contribution in [0.15, 0.2) is 12.7 Å². The molecule has 182 valence electrons. The monoisotopic (exact) mass is 491 g/mol. The number of nitrogens with one attached hydrogen (secondary N) is 1. The van der Waals surface area contributed by atoms with Gasteiger partial charge in [-0.05, 0) is 12.8 Å². The number of carbonyl (C=O) groups is 2. The van der Waals surface area contributed by atoms with Crippen LogP contribution in [-0.2, 0) is 29.2 Å². The molecule has 0 fully saturated rings. The van der Waals surface area contributed by atoms with Gasteiger partial charge in [0.05, 0.1) is 6.61 Å². The lowest BCUT2D eigenvalue weighted by atomic mass is 10.2. The van der Waals surface area contributed by atoms with E-state index in [2.05, 4.69) is 16.1 Å². The highest BCUT2D eigenvalue weighted by Gasteiger charge is 2.67. The quantitative estimate of drug-likeness (QED) is 0.102. The summed E-state index contributed by atoms with van der Waals surface area (Å²) in [6.07, 6.45) is -8.24. The minimum atomic E-state index is -6.54. The Kier molecular flexibility index (Phi) is 9.92. The van der Waals surface area contributed by atoms with Gasteiger partial charge in [0.15, 0.2) is 0 Å². The molecule has 0 bridgehead atoms. The minimum Gasteiger partial charge on any atom is -0.412 e. The molecule has 31 heavy (non-hydrogen) atoms. The van der Waals surface area contributed by atoms with Crippen LogP contribution in [0.2, 0.25) is 0 Å². The van der Waals surface area contributed by atoms with Gasteiger partial charge in [-0.2, -0.15) is 39.2 Å². The van der Waals surface area contributed by atoms with Crippen molar-refractivity contribution < 1.29 is 62.8 Å². The number of hydrogen-bond donors (Lipinski definition) is 2. The topological polar surface area (TPSA) is 119 Å². The zero-order valence-electron chi connectivity index (χ0n) is 16.0. The minimum absolute atomic E-state index is 0.214. The molecule has 1 atom stereocenters. The number of carbonyl (C=O) groups excluding carboxylic acids is 2. The fourth-order valence-corrected chi connectivity index (χ4v) is 2.41. The molecule has 0 rings (SSSR count). The lowest BCUT2D eigenvalue weighted by molar-refractivity contribution is -0.347. The van der Waals surface area contributed by atoms with Crippen LogP contribution in [0.25, 0.3) is 0 Å². The Morgan fingerprint density at radius 3 is 2.06 bits per heavy atom. The van der Waals surface area contributed by atoms with Gasteiger partial charge in [0.2, 0.25) is 0 Å². The smallest absolute Gasteiger partial charge is 0.412 e. The molecule has 0 saturated carbocycles. The van der Waals surface area contributed by atoms with Crippen LogP contribution in [0.3, 0.4) is 0 Å². The van der Waals surface area contributed by atoms with Crippen molar-refractivity contribution in [1.29, 1.82) is 0 Å². The fourth-order valence-electron chi connectivity index (χ4n) is 1.93. The van der Waals surface area contributed by atoms with Crippen molar-refractivity contribution >= 4 is 22.0 Å². The highest BCUT2D eigenvalue weighted by molar-refractivity contribution is 7.87. The van der Waals surface area contributed by atoms with Gasteiger partial charge >= 0.3 is 45.1 Å².